The van der Waals surface area contributed by atoms with E-state index < -0.39 is 15.8 Å². The van der Waals surface area contributed by atoms with Gasteiger partial charge in [0, 0.05) is 18.2 Å². The monoisotopic (exact) mass is 402 g/mol. The molecule has 7 heteroatoms. The van der Waals surface area contributed by atoms with Gasteiger partial charge in [-0.05, 0) is 61.6 Å². The normalized spacial score (nSPS) is 17.5. The summed E-state index contributed by atoms with van der Waals surface area (Å²) in [6.45, 7) is 0.479. The second-order valence-corrected chi connectivity index (χ2v) is 9.18. The lowest BCUT2D eigenvalue weighted by Gasteiger charge is -2.29. The fraction of sp³-hybridized carbons (Fsp3) is 0.381. The van der Waals surface area contributed by atoms with Crippen LogP contribution in [0, 0.1) is 5.82 Å². The van der Waals surface area contributed by atoms with E-state index in [4.69, 9.17) is 0 Å². The number of anilines is 1. The highest BCUT2D eigenvalue weighted by Gasteiger charge is 2.27. The summed E-state index contributed by atoms with van der Waals surface area (Å²) in [6.07, 6.45) is 5.31. The van der Waals surface area contributed by atoms with Crippen molar-refractivity contribution in [3.63, 3.8) is 0 Å². The van der Waals surface area contributed by atoms with Gasteiger partial charge in [-0.15, -0.1) is 0 Å². The van der Waals surface area contributed by atoms with E-state index in [9.17, 15) is 17.6 Å². The molecule has 0 radical (unpaired) electrons. The van der Waals surface area contributed by atoms with Gasteiger partial charge in [-0.25, -0.2) is 17.5 Å². The number of carbonyl (C=O) groups is 1. The van der Waals surface area contributed by atoms with Crippen molar-refractivity contribution in [2.45, 2.75) is 49.5 Å². The van der Waals surface area contributed by atoms with Crippen molar-refractivity contribution in [1.82, 2.24) is 4.72 Å². The molecule has 2 aliphatic rings. The van der Waals surface area contributed by atoms with E-state index in [1.54, 1.807) is 18.2 Å². The Labute approximate surface area is 164 Å². The van der Waals surface area contributed by atoms with Crippen LogP contribution in [0.25, 0.3) is 0 Å². The van der Waals surface area contributed by atoms with Gasteiger partial charge in [0.25, 0.3) is 5.91 Å². The van der Waals surface area contributed by atoms with Crippen molar-refractivity contribution in [1.29, 1.82) is 0 Å². The van der Waals surface area contributed by atoms with E-state index in [1.807, 2.05) is 0 Å². The topological polar surface area (TPSA) is 66.5 Å². The highest BCUT2D eigenvalue weighted by Crippen LogP contribution is 2.29. The fourth-order valence-corrected chi connectivity index (χ4v) is 5.39. The van der Waals surface area contributed by atoms with Gasteiger partial charge in [-0.2, -0.15) is 0 Å². The average Bonchev–Trinajstić information content (AvgIpc) is 3.19. The van der Waals surface area contributed by atoms with Crippen LogP contribution in [0.2, 0.25) is 0 Å². The molecule has 1 saturated carbocycles. The van der Waals surface area contributed by atoms with E-state index in [-0.39, 0.29) is 22.4 Å². The van der Waals surface area contributed by atoms with Gasteiger partial charge in [-0.1, -0.05) is 25.0 Å². The summed E-state index contributed by atoms with van der Waals surface area (Å²) in [4.78, 5) is 14.7. The minimum Gasteiger partial charge on any atom is -0.308 e. The Hall–Kier alpha value is -2.25. The van der Waals surface area contributed by atoms with Gasteiger partial charge >= 0.3 is 0 Å². The summed E-state index contributed by atoms with van der Waals surface area (Å²) in [5.74, 6) is -0.708. The first-order chi connectivity index (χ1) is 13.4. The third-order valence-corrected chi connectivity index (χ3v) is 7.00. The summed E-state index contributed by atoms with van der Waals surface area (Å²) in [5.41, 5.74) is 1.77. The van der Waals surface area contributed by atoms with E-state index in [0.29, 0.717) is 12.2 Å². The molecular formula is C21H23FN2O3S. The average molecular weight is 402 g/mol. The molecule has 0 saturated heterocycles. The summed E-state index contributed by atoms with van der Waals surface area (Å²) in [5, 5.41) is 0. The van der Waals surface area contributed by atoms with Crippen molar-refractivity contribution in [2.24, 2.45) is 0 Å². The van der Waals surface area contributed by atoms with Crippen LogP contribution < -0.4 is 9.62 Å². The maximum atomic E-state index is 13.7. The quantitative estimate of drug-likeness (QED) is 0.849. The third-order valence-electron chi connectivity index (χ3n) is 5.48. The number of hydrogen-bond donors (Lipinski definition) is 1. The number of sulfonamides is 1. The van der Waals surface area contributed by atoms with Crippen LogP contribution in [-0.4, -0.2) is 26.9 Å². The number of nitrogens with one attached hydrogen (secondary N) is 1. The number of halogens is 1. The molecule has 1 heterocycles. The Morgan fingerprint density at radius 3 is 2.64 bits per heavy atom. The van der Waals surface area contributed by atoms with Crippen LogP contribution in [0.1, 0.15) is 48.0 Å². The molecule has 2 aromatic rings. The lowest BCUT2D eigenvalue weighted by Crippen LogP contribution is -2.36. The van der Waals surface area contributed by atoms with Gasteiger partial charge in [0.15, 0.2) is 0 Å². The molecule has 0 unspecified atom stereocenters. The van der Waals surface area contributed by atoms with Crippen molar-refractivity contribution in [3.05, 3.63) is 59.4 Å². The molecule has 0 bridgehead atoms. The van der Waals surface area contributed by atoms with Crippen molar-refractivity contribution in [3.8, 4) is 0 Å². The Bertz CT molecular complexity index is 1000. The molecule has 1 amide bonds. The van der Waals surface area contributed by atoms with E-state index in [2.05, 4.69) is 4.72 Å². The number of hydrogen-bond acceptors (Lipinski definition) is 3. The predicted octanol–water partition coefficient (Wildman–Crippen LogP) is 3.64. The van der Waals surface area contributed by atoms with Crippen molar-refractivity contribution in [2.75, 3.05) is 11.4 Å². The van der Waals surface area contributed by atoms with Gasteiger partial charge < -0.3 is 4.90 Å². The Morgan fingerprint density at radius 1 is 1.07 bits per heavy atom. The Balaban J connectivity index is 1.61. The van der Waals surface area contributed by atoms with Crippen LogP contribution >= 0.6 is 0 Å². The summed E-state index contributed by atoms with van der Waals surface area (Å²) in [6, 6.07) is 10.5. The lowest BCUT2D eigenvalue weighted by molar-refractivity contribution is 0.0985. The smallest absolute Gasteiger partial charge is 0.258 e. The van der Waals surface area contributed by atoms with Crippen LogP contribution in [0.5, 0.6) is 0 Å². The zero-order valence-electron chi connectivity index (χ0n) is 15.5. The molecule has 4 rings (SSSR count). The van der Waals surface area contributed by atoms with Crippen LogP contribution in [-0.2, 0) is 16.4 Å². The second-order valence-electron chi connectivity index (χ2n) is 7.46. The summed E-state index contributed by atoms with van der Waals surface area (Å²) >= 11 is 0. The molecule has 5 nitrogen and oxygen atoms in total. The predicted molar refractivity (Wildman–Crippen MR) is 105 cm³/mol. The van der Waals surface area contributed by atoms with Crippen molar-refractivity contribution >= 4 is 21.6 Å². The third kappa shape index (κ3) is 3.82. The first kappa shape index (κ1) is 19.1. The van der Waals surface area contributed by atoms with E-state index >= 15 is 0 Å². The molecule has 1 fully saturated rings. The molecule has 1 aliphatic heterocycles. The maximum absolute atomic E-state index is 13.7. The first-order valence-corrected chi connectivity index (χ1v) is 11.1. The minimum atomic E-state index is -3.68. The number of rotatable bonds is 4. The molecule has 0 aromatic heterocycles. The largest absolute Gasteiger partial charge is 0.308 e. The lowest BCUT2D eigenvalue weighted by atomic mass is 10.0. The molecule has 1 aliphatic carbocycles. The molecule has 0 atom stereocenters. The highest BCUT2D eigenvalue weighted by molar-refractivity contribution is 7.89. The van der Waals surface area contributed by atoms with Crippen LogP contribution in [0.15, 0.2) is 47.4 Å². The number of amides is 1. The van der Waals surface area contributed by atoms with E-state index in [1.165, 1.54) is 29.2 Å². The summed E-state index contributed by atoms with van der Waals surface area (Å²) in [7, 11) is -3.68. The van der Waals surface area contributed by atoms with Crippen LogP contribution in [0.4, 0.5) is 10.1 Å². The maximum Gasteiger partial charge on any atom is 0.258 e. The zero-order valence-corrected chi connectivity index (χ0v) is 16.3. The molecule has 0 spiro atoms. The number of aryl methyl sites for hydroxylation is 1. The SMILES string of the molecule is O=C(c1cccc(S(=O)(=O)NC2CCCC2)c1)N1CCCc2ccc(F)cc21. The molecule has 2 aromatic carbocycles. The Kier molecular flexibility index (Phi) is 5.21. The molecule has 148 valence electrons. The first-order valence-electron chi connectivity index (χ1n) is 9.67. The van der Waals surface area contributed by atoms with E-state index in [0.717, 1.165) is 44.1 Å². The Morgan fingerprint density at radius 2 is 1.86 bits per heavy atom. The second kappa shape index (κ2) is 7.64. The molecule has 28 heavy (non-hydrogen) atoms. The number of nitrogens with zero attached hydrogens (tertiary/aromatic N) is 1. The standard InChI is InChI=1S/C21H23FN2O3S/c22-17-11-10-15-6-4-12-24(20(15)14-17)21(25)16-5-3-9-19(13-16)28(26,27)23-18-7-1-2-8-18/h3,5,9-11,13-14,18,23H,1-2,4,6-8,12H2. The van der Waals surface area contributed by atoms with Crippen LogP contribution in [0.3, 0.4) is 0 Å². The fourth-order valence-electron chi connectivity index (χ4n) is 4.04. The van der Waals surface area contributed by atoms with Gasteiger partial charge in [0.2, 0.25) is 10.0 Å². The van der Waals surface area contributed by atoms with Gasteiger partial charge in [0.05, 0.1) is 10.6 Å². The molecule has 1 N–H and O–H groups in total. The summed E-state index contributed by atoms with van der Waals surface area (Å²) < 4.78 is 41.9. The highest BCUT2D eigenvalue weighted by atomic mass is 32.2. The molecular weight excluding hydrogens is 379 g/mol. The zero-order chi connectivity index (χ0) is 19.7. The number of fused-ring (bicyclic) bond motifs is 1. The van der Waals surface area contributed by atoms with Gasteiger partial charge in [-0.3, -0.25) is 4.79 Å². The van der Waals surface area contributed by atoms with Gasteiger partial charge in [0.1, 0.15) is 5.82 Å². The number of benzene rings is 2. The number of carbonyl (C=O) groups excluding carboxylic acids is 1. The van der Waals surface area contributed by atoms with Crippen molar-refractivity contribution < 1.29 is 17.6 Å². The minimum absolute atomic E-state index is 0.0405.